The third-order valence-corrected chi connectivity index (χ3v) is 6.44. The first kappa shape index (κ1) is 22.3. The fourth-order valence-corrected chi connectivity index (χ4v) is 4.47. The van der Waals surface area contributed by atoms with Crippen LogP contribution in [0.15, 0.2) is 28.7 Å². The summed E-state index contributed by atoms with van der Waals surface area (Å²) in [5.74, 6) is 1.04. The summed E-state index contributed by atoms with van der Waals surface area (Å²) < 4.78 is 5.72. The van der Waals surface area contributed by atoms with Gasteiger partial charge in [-0.2, -0.15) is 0 Å². The van der Waals surface area contributed by atoms with Crippen LogP contribution in [-0.4, -0.2) is 52.2 Å². The second kappa shape index (κ2) is 10.6. The highest BCUT2D eigenvalue weighted by Gasteiger charge is 2.25. The number of hydrogen-bond donors (Lipinski definition) is 2. The Hall–Kier alpha value is -2.90. The van der Waals surface area contributed by atoms with E-state index in [9.17, 15) is 9.59 Å². The molecule has 1 aromatic heterocycles. The van der Waals surface area contributed by atoms with Crippen molar-refractivity contribution >= 4 is 11.9 Å². The monoisotopic (exact) mass is 439 g/mol. The standard InChI is InChI=1S/C24H33N5O3/c1-17-7-9-18(10-8-17)23-28-27-21(32-23)11-12-22(30)29-15-13-20(14-16-29)26-24(31)25-19-5-3-2-4-6-19/h7-10,19-20H,2-6,11-16H2,1H3,(H2,25,26,31). The summed E-state index contributed by atoms with van der Waals surface area (Å²) in [4.78, 5) is 26.7. The van der Waals surface area contributed by atoms with Gasteiger partial charge in [-0.25, -0.2) is 4.79 Å². The predicted molar refractivity (Wildman–Crippen MR) is 121 cm³/mol. The molecule has 1 aromatic carbocycles. The van der Waals surface area contributed by atoms with Crippen molar-refractivity contribution in [3.05, 3.63) is 35.7 Å². The van der Waals surface area contributed by atoms with Gasteiger partial charge in [-0.15, -0.1) is 10.2 Å². The van der Waals surface area contributed by atoms with Gasteiger partial charge in [0.15, 0.2) is 0 Å². The zero-order valence-corrected chi connectivity index (χ0v) is 18.8. The van der Waals surface area contributed by atoms with Crippen LogP contribution in [0.2, 0.25) is 0 Å². The minimum atomic E-state index is -0.0672. The Balaban J connectivity index is 1.17. The van der Waals surface area contributed by atoms with E-state index in [1.54, 1.807) is 0 Å². The van der Waals surface area contributed by atoms with Crippen LogP contribution in [-0.2, 0) is 11.2 Å². The lowest BCUT2D eigenvalue weighted by Crippen LogP contribution is -2.51. The van der Waals surface area contributed by atoms with E-state index in [-0.39, 0.29) is 18.0 Å². The Morgan fingerprint density at radius 1 is 0.969 bits per heavy atom. The summed E-state index contributed by atoms with van der Waals surface area (Å²) in [6.07, 6.45) is 8.15. The van der Waals surface area contributed by atoms with E-state index in [2.05, 4.69) is 20.8 Å². The SMILES string of the molecule is Cc1ccc(-c2nnc(CCC(=O)N3CCC(NC(=O)NC4CCCCC4)CC3)o2)cc1. The van der Waals surface area contributed by atoms with Crippen LogP contribution < -0.4 is 10.6 Å². The van der Waals surface area contributed by atoms with E-state index >= 15 is 0 Å². The van der Waals surface area contributed by atoms with E-state index in [1.165, 1.54) is 24.8 Å². The van der Waals surface area contributed by atoms with Crippen molar-refractivity contribution < 1.29 is 14.0 Å². The van der Waals surface area contributed by atoms with Gasteiger partial charge in [0.05, 0.1) is 0 Å². The van der Waals surface area contributed by atoms with Crippen LogP contribution in [0.25, 0.3) is 11.5 Å². The van der Waals surface area contributed by atoms with Crippen molar-refractivity contribution in [2.75, 3.05) is 13.1 Å². The predicted octanol–water partition coefficient (Wildman–Crippen LogP) is 3.60. The third kappa shape index (κ3) is 6.08. The fraction of sp³-hybridized carbons (Fsp3) is 0.583. The van der Waals surface area contributed by atoms with E-state index in [0.29, 0.717) is 43.8 Å². The van der Waals surface area contributed by atoms with E-state index in [4.69, 9.17) is 4.42 Å². The quantitative estimate of drug-likeness (QED) is 0.716. The molecule has 2 fully saturated rings. The first-order valence-electron chi connectivity index (χ1n) is 11.8. The lowest BCUT2D eigenvalue weighted by Gasteiger charge is -2.33. The van der Waals surface area contributed by atoms with Crippen molar-refractivity contribution in [1.82, 2.24) is 25.7 Å². The van der Waals surface area contributed by atoms with Crippen LogP contribution in [0.5, 0.6) is 0 Å². The number of nitrogens with one attached hydrogen (secondary N) is 2. The molecule has 0 unspecified atom stereocenters. The number of nitrogens with zero attached hydrogens (tertiary/aromatic N) is 3. The molecular formula is C24H33N5O3. The molecule has 1 aliphatic heterocycles. The van der Waals surface area contributed by atoms with Crippen LogP contribution in [0, 0.1) is 6.92 Å². The molecule has 172 valence electrons. The maximum atomic E-state index is 12.6. The molecule has 8 nitrogen and oxygen atoms in total. The number of carbonyl (C=O) groups excluding carboxylic acids is 2. The second-order valence-corrected chi connectivity index (χ2v) is 8.97. The topological polar surface area (TPSA) is 100 Å². The van der Waals surface area contributed by atoms with Crippen molar-refractivity contribution in [3.8, 4) is 11.5 Å². The Morgan fingerprint density at radius 3 is 2.31 bits per heavy atom. The van der Waals surface area contributed by atoms with Crippen LogP contribution in [0.4, 0.5) is 4.79 Å². The highest BCUT2D eigenvalue weighted by molar-refractivity contribution is 5.77. The number of carbonyl (C=O) groups is 2. The molecule has 0 spiro atoms. The zero-order valence-electron chi connectivity index (χ0n) is 18.8. The van der Waals surface area contributed by atoms with Crippen molar-refractivity contribution in [3.63, 3.8) is 0 Å². The summed E-state index contributed by atoms with van der Waals surface area (Å²) in [6.45, 7) is 3.34. The van der Waals surface area contributed by atoms with E-state index in [1.807, 2.05) is 36.1 Å². The van der Waals surface area contributed by atoms with E-state index < -0.39 is 0 Å². The van der Waals surface area contributed by atoms with E-state index in [0.717, 1.165) is 31.2 Å². The summed E-state index contributed by atoms with van der Waals surface area (Å²) in [5.41, 5.74) is 2.05. The number of urea groups is 1. The van der Waals surface area contributed by atoms with Gasteiger partial charge < -0.3 is 20.0 Å². The average Bonchev–Trinajstić information content (AvgIpc) is 3.28. The maximum absolute atomic E-state index is 12.6. The number of piperidine rings is 1. The molecule has 1 saturated carbocycles. The Kier molecular flexibility index (Phi) is 7.39. The third-order valence-electron chi connectivity index (χ3n) is 6.44. The number of rotatable bonds is 6. The molecule has 8 heteroatoms. The first-order chi connectivity index (χ1) is 15.6. The molecule has 0 bridgehead atoms. The number of hydrogen-bond acceptors (Lipinski definition) is 5. The second-order valence-electron chi connectivity index (χ2n) is 8.97. The number of amides is 3. The minimum absolute atomic E-state index is 0.0672. The number of likely N-dealkylation sites (tertiary alicyclic amines) is 1. The molecule has 2 aliphatic rings. The molecule has 2 heterocycles. The molecule has 0 atom stereocenters. The van der Waals surface area contributed by atoms with Crippen LogP contribution >= 0.6 is 0 Å². The smallest absolute Gasteiger partial charge is 0.315 e. The average molecular weight is 440 g/mol. The zero-order chi connectivity index (χ0) is 22.3. The largest absolute Gasteiger partial charge is 0.421 e. The van der Waals surface area contributed by atoms with Gasteiger partial charge in [-0.05, 0) is 44.7 Å². The Bertz CT molecular complexity index is 897. The normalized spacial score (nSPS) is 17.8. The van der Waals surface area contributed by atoms with Crippen LogP contribution in [0.1, 0.15) is 62.8 Å². The summed E-state index contributed by atoms with van der Waals surface area (Å²) in [7, 11) is 0. The molecular weight excluding hydrogens is 406 g/mol. The van der Waals surface area contributed by atoms with Gasteiger partial charge in [0, 0.05) is 43.6 Å². The molecule has 1 aliphatic carbocycles. The summed E-state index contributed by atoms with van der Waals surface area (Å²) >= 11 is 0. The van der Waals surface area contributed by atoms with Gasteiger partial charge in [0.25, 0.3) is 0 Å². The summed E-state index contributed by atoms with van der Waals surface area (Å²) in [5, 5.41) is 14.4. The molecule has 2 aromatic rings. The first-order valence-corrected chi connectivity index (χ1v) is 11.8. The van der Waals surface area contributed by atoms with Gasteiger partial charge in [0.2, 0.25) is 17.7 Å². The molecule has 3 amide bonds. The van der Waals surface area contributed by atoms with Gasteiger partial charge in [0.1, 0.15) is 0 Å². The molecule has 0 radical (unpaired) electrons. The van der Waals surface area contributed by atoms with Crippen molar-refractivity contribution in [2.24, 2.45) is 0 Å². The highest BCUT2D eigenvalue weighted by Crippen LogP contribution is 2.20. The number of aryl methyl sites for hydroxylation is 2. The summed E-state index contributed by atoms with van der Waals surface area (Å²) in [6, 6.07) is 8.26. The van der Waals surface area contributed by atoms with Gasteiger partial charge in [-0.1, -0.05) is 37.0 Å². The molecule has 1 saturated heterocycles. The van der Waals surface area contributed by atoms with Crippen molar-refractivity contribution in [1.29, 1.82) is 0 Å². The molecule has 2 N–H and O–H groups in total. The molecule has 4 rings (SSSR count). The number of aromatic nitrogens is 2. The maximum Gasteiger partial charge on any atom is 0.315 e. The van der Waals surface area contributed by atoms with Crippen molar-refractivity contribution in [2.45, 2.75) is 76.8 Å². The molecule has 32 heavy (non-hydrogen) atoms. The number of benzene rings is 1. The lowest BCUT2D eigenvalue weighted by atomic mass is 9.96. The van der Waals surface area contributed by atoms with Crippen LogP contribution in [0.3, 0.4) is 0 Å². The minimum Gasteiger partial charge on any atom is -0.421 e. The lowest BCUT2D eigenvalue weighted by molar-refractivity contribution is -0.132. The fourth-order valence-electron chi connectivity index (χ4n) is 4.47. The Morgan fingerprint density at radius 2 is 1.62 bits per heavy atom. The van der Waals surface area contributed by atoms with Gasteiger partial charge in [-0.3, -0.25) is 4.79 Å². The highest BCUT2D eigenvalue weighted by atomic mass is 16.4. The Labute approximate surface area is 189 Å². The van der Waals surface area contributed by atoms with Gasteiger partial charge >= 0.3 is 6.03 Å².